The maximum Gasteiger partial charge on any atom is 0.333 e. The zero-order valence-electron chi connectivity index (χ0n) is 6.98. The lowest BCUT2D eigenvalue weighted by atomic mass is 10.3. The minimum absolute atomic E-state index is 0.197. The molecule has 0 aliphatic carbocycles. The van der Waals surface area contributed by atoms with Gasteiger partial charge in [-0.05, 0) is 13.3 Å². The fourth-order valence-corrected chi connectivity index (χ4v) is 0.753. The molecule has 12 heavy (non-hydrogen) atoms. The van der Waals surface area contributed by atoms with E-state index in [4.69, 9.17) is 11.6 Å². The van der Waals surface area contributed by atoms with Gasteiger partial charge in [0.25, 0.3) is 0 Å². The Kier molecular flexibility index (Phi) is 6.76. The van der Waals surface area contributed by atoms with Gasteiger partial charge in [-0.1, -0.05) is 0 Å². The number of hydrogen-bond donors (Lipinski definition) is 0. The number of esters is 1. The first kappa shape index (κ1) is 11.4. The van der Waals surface area contributed by atoms with Crippen molar-refractivity contribution in [2.24, 2.45) is 0 Å². The van der Waals surface area contributed by atoms with Gasteiger partial charge in [0.15, 0.2) is 0 Å². The molecular weight excluding hydrogens is 183 g/mol. The first-order valence-corrected chi connectivity index (χ1v) is 4.33. The molecule has 70 valence electrons. The molecule has 0 aliphatic heterocycles. The summed E-state index contributed by atoms with van der Waals surface area (Å²) in [4.78, 5) is 10.6. The van der Waals surface area contributed by atoms with Crippen LogP contribution in [-0.2, 0) is 9.53 Å². The summed E-state index contributed by atoms with van der Waals surface area (Å²) in [6, 6.07) is 0. The summed E-state index contributed by atoms with van der Waals surface area (Å²) in [5, 5.41) is 0. The molecule has 0 aromatic rings. The van der Waals surface area contributed by atoms with Crippen molar-refractivity contribution < 1.29 is 13.9 Å². The van der Waals surface area contributed by atoms with Gasteiger partial charge in [0.05, 0.1) is 12.7 Å². The smallest absolute Gasteiger partial charge is 0.333 e. The summed E-state index contributed by atoms with van der Waals surface area (Å²) < 4.78 is 17.2. The second-order valence-corrected chi connectivity index (χ2v) is 2.51. The van der Waals surface area contributed by atoms with Crippen LogP contribution in [0.5, 0.6) is 0 Å². The fourth-order valence-electron chi connectivity index (χ4n) is 0.620. The molecule has 0 rings (SSSR count). The SMILES string of the molecule is CCOC(=O)/C=C(/F)CCCCl. The number of carbonyl (C=O) groups excluding carboxylic acids is 1. The summed E-state index contributed by atoms with van der Waals surface area (Å²) in [7, 11) is 0. The van der Waals surface area contributed by atoms with Gasteiger partial charge in [-0.15, -0.1) is 11.6 Å². The summed E-state index contributed by atoms with van der Waals surface area (Å²) in [6.45, 7) is 1.93. The second kappa shape index (κ2) is 7.10. The third-order valence-corrected chi connectivity index (χ3v) is 1.38. The Labute approximate surface area is 76.3 Å². The average molecular weight is 195 g/mol. The van der Waals surface area contributed by atoms with Crippen LogP contribution in [0.25, 0.3) is 0 Å². The highest BCUT2D eigenvalue weighted by molar-refractivity contribution is 6.17. The normalized spacial score (nSPS) is 11.4. The van der Waals surface area contributed by atoms with Crippen LogP contribution in [0.2, 0.25) is 0 Å². The Morgan fingerprint density at radius 2 is 2.33 bits per heavy atom. The number of ether oxygens (including phenoxy) is 1. The van der Waals surface area contributed by atoms with Crippen LogP contribution in [0.3, 0.4) is 0 Å². The van der Waals surface area contributed by atoms with E-state index < -0.39 is 11.8 Å². The lowest BCUT2D eigenvalue weighted by molar-refractivity contribution is -0.137. The molecule has 0 saturated carbocycles. The topological polar surface area (TPSA) is 26.3 Å². The first-order chi connectivity index (χ1) is 5.70. The highest BCUT2D eigenvalue weighted by Crippen LogP contribution is 2.07. The van der Waals surface area contributed by atoms with Crippen LogP contribution in [0.1, 0.15) is 19.8 Å². The number of alkyl halides is 1. The molecule has 0 radical (unpaired) electrons. The van der Waals surface area contributed by atoms with Gasteiger partial charge < -0.3 is 4.74 Å². The summed E-state index contributed by atoms with van der Waals surface area (Å²) in [5.41, 5.74) is 0. The predicted molar refractivity (Wildman–Crippen MR) is 45.8 cm³/mol. The monoisotopic (exact) mass is 194 g/mol. The van der Waals surface area contributed by atoms with Crippen LogP contribution in [0.4, 0.5) is 4.39 Å². The summed E-state index contributed by atoms with van der Waals surface area (Å²) in [5.74, 6) is -0.719. The largest absolute Gasteiger partial charge is 0.463 e. The van der Waals surface area contributed by atoms with Crippen molar-refractivity contribution in [3.8, 4) is 0 Å². The molecule has 0 saturated heterocycles. The molecule has 0 aromatic carbocycles. The van der Waals surface area contributed by atoms with E-state index in [1.165, 1.54) is 0 Å². The Morgan fingerprint density at radius 3 is 2.83 bits per heavy atom. The molecule has 0 bridgehead atoms. The number of carbonyl (C=O) groups is 1. The van der Waals surface area contributed by atoms with Gasteiger partial charge in [0, 0.05) is 12.3 Å². The van der Waals surface area contributed by atoms with Gasteiger partial charge in [0.2, 0.25) is 0 Å². The molecule has 0 aromatic heterocycles. The van der Waals surface area contributed by atoms with Crippen molar-refractivity contribution >= 4 is 17.6 Å². The molecule has 0 unspecified atom stereocenters. The minimum Gasteiger partial charge on any atom is -0.463 e. The van der Waals surface area contributed by atoms with E-state index in [0.717, 1.165) is 6.08 Å². The highest BCUT2D eigenvalue weighted by atomic mass is 35.5. The molecule has 2 nitrogen and oxygen atoms in total. The molecule has 0 N–H and O–H groups in total. The third kappa shape index (κ3) is 6.16. The van der Waals surface area contributed by atoms with Crippen LogP contribution in [0.15, 0.2) is 11.9 Å². The highest BCUT2D eigenvalue weighted by Gasteiger charge is 2.00. The van der Waals surface area contributed by atoms with E-state index in [9.17, 15) is 9.18 Å². The molecule has 0 spiro atoms. The Bertz CT molecular complexity index is 168. The van der Waals surface area contributed by atoms with Gasteiger partial charge in [-0.25, -0.2) is 9.18 Å². The predicted octanol–water partition coefficient (Wildman–Crippen LogP) is 2.42. The third-order valence-electron chi connectivity index (χ3n) is 1.11. The molecule has 0 amide bonds. The van der Waals surface area contributed by atoms with Crippen LogP contribution >= 0.6 is 11.6 Å². The lowest BCUT2D eigenvalue weighted by Crippen LogP contribution is -2.00. The maximum atomic E-state index is 12.7. The van der Waals surface area contributed by atoms with Crippen molar-refractivity contribution in [3.05, 3.63) is 11.9 Å². The van der Waals surface area contributed by atoms with E-state index in [-0.39, 0.29) is 13.0 Å². The Balaban J connectivity index is 3.72. The van der Waals surface area contributed by atoms with Crippen molar-refractivity contribution in [1.82, 2.24) is 0 Å². The van der Waals surface area contributed by atoms with Crippen molar-refractivity contribution in [1.29, 1.82) is 0 Å². The van der Waals surface area contributed by atoms with Crippen LogP contribution in [-0.4, -0.2) is 18.5 Å². The van der Waals surface area contributed by atoms with Gasteiger partial charge in [0.1, 0.15) is 5.83 Å². The number of hydrogen-bond acceptors (Lipinski definition) is 2. The quantitative estimate of drug-likeness (QED) is 0.382. The molecule has 0 atom stereocenters. The number of halogens is 2. The lowest BCUT2D eigenvalue weighted by Gasteiger charge is -1.96. The maximum absolute atomic E-state index is 12.7. The first-order valence-electron chi connectivity index (χ1n) is 3.79. The minimum atomic E-state index is -0.635. The van der Waals surface area contributed by atoms with Crippen molar-refractivity contribution in [2.45, 2.75) is 19.8 Å². The van der Waals surface area contributed by atoms with E-state index in [2.05, 4.69) is 4.74 Å². The van der Waals surface area contributed by atoms with Gasteiger partial charge >= 0.3 is 5.97 Å². The van der Waals surface area contributed by atoms with E-state index in [0.29, 0.717) is 12.3 Å². The van der Waals surface area contributed by atoms with E-state index in [1.54, 1.807) is 6.92 Å². The van der Waals surface area contributed by atoms with Crippen LogP contribution in [0, 0.1) is 0 Å². The molecule has 0 aliphatic rings. The molecule has 4 heteroatoms. The van der Waals surface area contributed by atoms with Crippen molar-refractivity contribution in [3.63, 3.8) is 0 Å². The van der Waals surface area contributed by atoms with E-state index in [1.807, 2.05) is 0 Å². The fraction of sp³-hybridized carbons (Fsp3) is 0.625. The molecule has 0 heterocycles. The average Bonchev–Trinajstić information content (AvgIpc) is 2.01. The van der Waals surface area contributed by atoms with Gasteiger partial charge in [-0.2, -0.15) is 0 Å². The molecular formula is C8H12ClFO2. The molecule has 0 fully saturated rings. The zero-order chi connectivity index (χ0) is 9.40. The summed E-state index contributed by atoms with van der Waals surface area (Å²) in [6.07, 6.45) is 1.58. The standard InChI is InChI=1S/C8H12ClFO2/c1-2-12-8(11)6-7(10)4-3-5-9/h6H,2-5H2,1H3/b7-6+. The van der Waals surface area contributed by atoms with E-state index >= 15 is 0 Å². The number of rotatable bonds is 5. The van der Waals surface area contributed by atoms with Crippen LogP contribution < -0.4 is 0 Å². The Hall–Kier alpha value is -0.570. The second-order valence-electron chi connectivity index (χ2n) is 2.14. The number of allylic oxidation sites excluding steroid dienone is 1. The van der Waals surface area contributed by atoms with Gasteiger partial charge in [-0.3, -0.25) is 0 Å². The zero-order valence-corrected chi connectivity index (χ0v) is 7.73. The summed E-state index contributed by atoms with van der Waals surface area (Å²) >= 11 is 5.33. The Morgan fingerprint density at radius 1 is 1.67 bits per heavy atom. The van der Waals surface area contributed by atoms with Crippen molar-refractivity contribution in [2.75, 3.05) is 12.5 Å².